The molecule has 2 atom stereocenters. The molecule has 1 amide bonds. The van der Waals surface area contributed by atoms with Crippen molar-refractivity contribution in [2.45, 2.75) is 70.7 Å². The fourth-order valence-electron chi connectivity index (χ4n) is 5.75. The number of likely N-dealkylation sites (tertiary alicyclic amines) is 1. The summed E-state index contributed by atoms with van der Waals surface area (Å²) in [6.07, 6.45) is 5.59. The van der Waals surface area contributed by atoms with E-state index in [0.29, 0.717) is 0 Å². The van der Waals surface area contributed by atoms with Crippen molar-refractivity contribution in [2.24, 2.45) is 5.92 Å². The molecule has 6 nitrogen and oxygen atoms in total. The minimum absolute atomic E-state index is 0.00873. The number of carbonyl (C=O) groups is 1. The number of piperidine rings is 1. The van der Waals surface area contributed by atoms with Crippen LogP contribution in [0.15, 0.2) is 54.6 Å². The number of benzene rings is 2. The topological polar surface area (TPSA) is 45.3 Å². The SMILES string of the molecule is C[C@@H]1CN(c2ccc(OCC3CCC3)cc2)C[C@H](C)N1C(=O)OC1CCN(Cc2ccccc2)CC1. The number of anilines is 1. The third-order valence-corrected chi connectivity index (χ3v) is 8.09. The van der Waals surface area contributed by atoms with E-state index in [0.717, 1.165) is 63.8 Å². The van der Waals surface area contributed by atoms with E-state index in [1.807, 2.05) is 4.90 Å². The van der Waals surface area contributed by atoms with Crippen LogP contribution in [0.2, 0.25) is 0 Å². The lowest BCUT2D eigenvalue weighted by atomic mass is 9.86. The molecule has 0 bridgehead atoms. The van der Waals surface area contributed by atoms with E-state index < -0.39 is 0 Å². The van der Waals surface area contributed by atoms with Crippen LogP contribution in [0, 0.1) is 5.92 Å². The Hall–Kier alpha value is -2.73. The molecule has 0 aromatic heterocycles. The summed E-state index contributed by atoms with van der Waals surface area (Å²) >= 11 is 0. The van der Waals surface area contributed by atoms with E-state index >= 15 is 0 Å². The molecule has 1 saturated carbocycles. The lowest BCUT2D eigenvalue weighted by molar-refractivity contribution is 0.0101. The summed E-state index contributed by atoms with van der Waals surface area (Å²) < 4.78 is 12.0. The first kappa shape index (κ1) is 24.9. The zero-order valence-electron chi connectivity index (χ0n) is 21.9. The summed E-state index contributed by atoms with van der Waals surface area (Å²) in [7, 11) is 0. The molecule has 6 heteroatoms. The van der Waals surface area contributed by atoms with Crippen molar-refractivity contribution in [1.29, 1.82) is 0 Å². The molecule has 0 radical (unpaired) electrons. The Bertz CT molecular complexity index is 959. The van der Waals surface area contributed by atoms with Gasteiger partial charge in [-0.25, -0.2) is 4.79 Å². The lowest BCUT2D eigenvalue weighted by Crippen LogP contribution is -2.59. The average molecular weight is 492 g/mol. The van der Waals surface area contributed by atoms with E-state index in [-0.39, 0.29) is 24.3 Å². The van der Waals surface area contributed by atoms with Crippen LogP contribution in [0.4, 0.5) is 10.5 Å². The van der Waals surface area contributed by atoms with Crippen LogP contribution < -0.4 is 9.64 Å². The second-order valence-corrected chi connectivity index (χ2v) is 11.0. The highest BCUT2D eigenvalue weighted by Gasteiger charge is 2.35. The number of amides is 1. The predicted molar refractivity (Wildman–Crippen MR) is 143 cm³/mol. The summed E-state index contributed by atoms with van der Waals surface area (Å²) in [6.45, 7) is 9.59. The molecule has 0 spiro atoms. The smallest absolute Gasteiger partial charge is 0.410 e. The summed E-state index contributed by atoms with van der Waals surface area (Å²) in [5.41, 5.74) is 2.52. The largest absolute Gasteiger partial charge is 0.493 e. The molecule has 1 aliphatic carbocycles. The molecule has 2 aromatic rings. The highest BCUT2D eigenvalue weighted by Crippen LogP contribution is 2.29. The van der Waals surface area contributed by atoms with Crippen LogP contribution >= 0.6 is 0 Å². The Labute approximate surface area is 216 Å². The second-order valence-electron chi connectivity index (χ2n) is 11.0. The van der Waals surface area contributed by atoms with Crippen LogP contribution in [0.25, 0.3) is 0 Å². The first-order valence-electron chi connectivity index (χ1n) is 13.8. The van der Waals surface area contributed by atoms with Gasteiger partial charge in [-0.1, -0.05) is 36.8 Å². The zero-order valence-corrected chi connectivity index (χ0v) is 21.9. The van der Waals surface area contributed by atoms with Gasteiger partial charge in [-0.3, -0.25) is 9.80 Å². The van der Waals surface area contributed by atoms with Crippen molar-refractivity contribution >= 4 is 11.8 Å². The number of nitrogens with zero attached hydrogens (tertiary/aromatic N) is 3. The van der Waals surface area contributed by atoms with Gasteiger partial charge in [-0.2, -0.15) is 0 Å². The number of piperazine rings is 1. The molecular formula is C30H41N3O3. The molecule has 3 aliphatic rings. The highest BCUT2D eigenvalue weighted by molar-refractivity contribution is 5.69. The van der Waals surface area contributed by atoms with Crippen molar-refractivity contribution < 1.29 is 14.3 Å². The molecule has 2 aromatic carbocycles. The maximum Gasteiger partial charge on any atom is 0.410 e. The van der Waals surface area contributed by atoms with E-state index in [9.17, 15) is 4.79 Å². The van der Waals surface area contributed by atoms with E-state index in [2.05, 4.69) is 78.2 Å². The summed E-state index contributed by atoms with van der Waals surface area (Å²) in [4.78, 5) is 19.9. The van der Waals surface area contributed by atoms with Gasteiger partial charge in [0.1, 0.15) is 11.9 Å². The molecule has 0 N–H and O–H groups in total. The van der Waals surface area contributed by atoms with Crippen molar-refractivity contribution in [3.8, 4) is 5.75 Å². The Kier molecular flexibility index (Phi) is 8.00. The van der Waals surface area contributed by atoms with E-state index in [1.165, 1.54) is 30.5 Å². The second kappa shape index (κ2) is 11.5. The summed E-state index contributed by atoms with van der Waals surface area (Å²) in [5.74, 6) is 1.69. The van der Waals surface area contributed by atoms with Crippen LogP contribution in [-0.4, -0.2) is 66.9 Å². The van der Waals surface area contributed by atoms with Gasteiger partial charge < -0.3 is 14.4 Å². The van der Waals surface area contributed by atoms with Crippen molar-refractivity contribution in [3.63, 3.8) is 0 Å². The third kappa shape index (κ3) is 6.15. The van der Waals surface area contributed by atoms with Gasteiger partial charge in [0.2, 0.25) is 0 Å². The summed E-state index contributed by atoms with van der Waals surface area (Å²) in [5, 5.41) is 0. The van der Waals surface area contributed by atoms with Gasteiger partial charge in [0.05, 0.1) is 18.7 Å². The maximum atomic E-state index is 13.2. The van der Waals surface area contributed by atoms with Crippen LogP contribution in [0.3, 0.4) is 0 Å². The Balaban J connectivity index is 1.08. The van der Waals surface area contributed by atoms with E-state index in [4.69, 9.17) is 9.47 Å². The number of hydrogen-bond donors (Lipinski definition) is 0. The molecule has 2 heterocycles. The fraction of sp³-hybridized carbons (Fsp3) is 0.567. The van der Waals surface area contributed by atoms with Gasteiger partial charge in [0, 0.05) is 38.4 Å². The van der Waals surface area contributed by atoms with Gasteiger partial charge in [-0.05, 0) is 75.3 Å². The minimum Gasteiger partial charge on any atom is -0.493 e. The molecule has 0 unspecified atom stereocenters. The van der Waals surface area contributed by atoms with Gasteiger partial charge in [0.15, 0.2) is 0 Å². The molecule has 2 saturated heterocycles. The fourth-order valence-corrected chi connectivity index (χ4v) is 5.75. The number of hydrogen-bond acceptors (Lipinski definition) is 5. The van der Waals surface area contributed by atoms with Crippen LogP contribution in [-0.2, 0) is 11.3 Å². The van der Waals surface area contributed by atoms with Gasteiger partial charge >= 0.3 is 6.09 Å². The van der Waals surface area contributed by atoms with Gasteiger partial charge in [0.25, 0.3) is 0 Å². The monoisotopic (exact) mass is 491 g/mol. The quantitative estimate of drug-likeness (QED) is 0.507. The first-order valence-corrected chi connectivity index (χ1v) is 13.8. The van der Waals surface area contributed by atoms with Crippen molar-refractivity contribution in [2.75, 3.05) is 37.7 Å². The predicted octanol–water partition coefficient (Wildman–Crippen LogP) is 5.57. The van der Waals surface area contributed by atoms with Gasteiger partial charge in [-0.15, -0.1) is 0 Å². The molecule has 194 valence electrons. The normalized spacial score (nSPS) is 23.8. The minimum atomic E-state index is -0.157. The molecule has 5 rings (SSSR count). The van der Waals surface area contributed by atoms with E-state index in [1.54, 1.807) is 0 Å². The molecule has 36 heavy (non-hydrogen) atoms. The number of carbonyl (C=O) groups excluding carboxylic acids is 1. The maximum absolute atomic E-state index is 13.2. The molecule has 3 fully saturated rings. The molecule has 2 aliphatic heterocycles. The lowest BCUT2D eigenvalue weighted by Gasteiger charge is -2.45. The number of rotatable bonds is 7. The van der Waals surface area contributed by atoms with Crippen LogP contribution in [0.5, 0.6) is 5.75 Å². The zero-order chi connectivity index (χ0) is 24.9. The summed E-state index contributed by atoms with van der Waals surface area (Å²) in [6, 6.07) is 19.2. The Morgan fingerprint density at radius 2 is 1.56 bits per heavy atom. The number of ether oxygens (including phenoxy) is 2. The van der Waals surface area contributed by atoms with Crippen LogP contribution in [0.1, 0.15) is 51.5 Å². The first-order chi connectivity index (χ1) is 17.5. The standard InChI is InChI=1S/C30H41N3O3/c1-23-19-32(27-11-13-28(14-12-27)35-22-26-9-6-10-26)20-24(2)33(23)30(34)36-29-15-17-31(18-16-29)21-25-7-4-3-5-8-25/h3-5,7-8,11-14,23-24,26,29H,6,9-10,15-22H2,1-2H3/t23-,24+. The highest BCUT2D eigenvalue weighted by atomic mass is 16.6. The average Bonchev–Trinajstić information content (AvgIpc) is 2.85. The third-order valence-electron chi connectivity index (χ3n) is 8.09. The molecular weight excluding hydrogens is 450 g/mol. The Morgan fingerprint density at radius 3 is 2.17 bits per heavy atom. The van der Waals surface area contributed by atoms with Crippen molar-refractivity contribution in [1.82, 2.24) is 9.80 Å². The van der Waals surface area contributed by atoms with Crippen molar-refractivity contribution in [3.05, 3.63) is 60.2 Å². The Morgan fingerprint density at radius 1 is 0.889 bits per heavy atom.